The van der Waals surface area contributed by atoms with Gasteiger partial charge >= 0.3 is 0 Å². The Morgan fingerprint density at radius 3 is 3.07 bits per heavy atom. The number of carbonyl (C=O) groups is 1. The average molecular weight is 229 g/mol. The maximum Gasteiger partial charge on any atom is 0.217 e. The molecular formula is C11H19NO2S. The number of allylic oxidation sites excluding steroid dienone is 1. The molecule has 0 aromatic rings. The lowest BCUT2D eigenvalue weighted by Crippen LogP contribution is -2.43. The molecule has 0 spiro atoms. The van der Waals surface area contributed by atoms with Crippen molar-refractivity contribution < 1.29 is 9.53 Å². The van der Waals surface area contributed by atoms with Crippen LogP contribution in [0.25, 0.3) is 0 Å². The predicted octanol–water partition coefficient (Wildman–Crippen LogP) is 1.89. The Balaban J connectivity index is 2.61. The monoisotopic (exact) mass is 229 g/mol. The highest BCUT2D eigenvalue weighted by atomic mass is 32.1. The molecule has 4 heteroatoms. The van der Waals surface area contributed by atoms with Gasteiger partial charge in [0.15, 0.2) is 0 Å². The minimum absolute atomic E-state index is 0.00161. The van der Waals surface area contributed by atoms with E-state index in [4.69, 9.17) is 4.74 Å². The molecule has 0 saturated heterocycles. The van der Waals surface area contributed by atoms with Crippen molar-refractivity contribution >= 4 is 18.5 Å². The summed E-state index contributed by atoms with van der Waals surface area (Å²) < 4.78 is 5.49. The average Bonchev–Trinajstić information content (AvgIpc) is 2.15. The Morgan fingerprint density at radius 2 is 2.40 bits per heavy atom. The third-order valence-electron chi connectivity index (χ3n) is 2.51. The maximum atomic E-state index is 11.1. The van der Waals surface area contributed by atoms with Crippen molar-refractivity contribution in [3.63, 3.8) is 0 Å². The molecule has 3 nitrogen and oxygen atoms in total. The zero-order chi connectivity index (χ0) is 11.1. The van der Waals surface area contributed by atoms with Crippen LogP contribution in [0.1, 0.15) is 32.6 Å². The minimum atomic E-state index is -0.0355. The second-order valence-corrected chi connectivity index (χ2v) is 4.04. The number of nitrogens with one attached hydrogen (secondary N) is 1. The first-order valence-electron chi connectivity index (χ1n) is 5.40. The van der Waals surface area contributed by atoms with Gasteiger partial charge < -0.3 is 10.1 Å². The van der Waals surface area contributed by atoms with E-state index in [0.29, 0.717) is 5.94 Å². The number of carbonyl (C=O) groups excluding carboxylic acids is 1. The summed E-state index contributed by atoms with van der Waals surface area (Å²) in [7, 11) is 0. The molecule has 0 saturated carbocycles. The quantitative estimate of drug-likeness (QED) is 0.441. The molecular weight excluding hydrogens is 210 g/mol. The third kappa shape index (κ3) is 4.71. The fourth-order valence-electron chi connectivity index (χ4n) is 1.83. The highest BCUT2D eigenvalue weighted by Gasteiger charge is 2.20. The zero-order valence-corrected chi connectivity index (χ0v) is 10.0. The van der Waals surface area contributed by atoms with Gasteiger partial charge in [0, 0.05) is 6.92 Å². The fraction of sp³-hybridized carbons (Fsp3) is 0.727. The number of thiol groups is 1. The molecule has 0 aromatic heterocycles. The summed E-state index contributed by atoms with van der Waals surface area (Å²) in [4.78, 5) is 11.1. The first kappa shape index (κ1) is 12.6. The number of rotatable bonds is 3. The van der Waals surface area contributed by atoms with Gasteiger partial charge in [-0.15, -0.1) is 0 Å². The number of ether oxygens (including phenoxy) is 1. The Morgan fingerprint density at radius 1 is 1.60 bits per heavy atom. The summed E-state index contributed by atoms with van der Waals surface area (Å²) in [5.41, 5.74) is 0. The van der Waals surface area contributed by atoms with Gasteiger partial charge in [-0.05, 0) is 19.3 Å². The van der Waals surface area contributed by atoms with E-state index in [2.05, 4.69) is 24.0 Å². The van der Waals surface area contributed by atoms with Crippen LogP contribution < -0.4 is 5.32 Å². The third-order valence-corrected chi connectivity index (χ3v) is 2.66. The minimum Gasteiger partial charge on any atom is -0.362 e. The lowest BCUT2D eigenvalue weighted by Gasteiger charge is -2.26. The molecule has 0 aliphatic heterocycles. The largest absolute Gasteiger partial charge is 0.362 e. The fourth-order valence-corrected chi connectivity index (χ4v) is 2.00. The molecule has 1 aliphatic carbocycles. The van der Waals surface area contributed by atoms with E-state index in [-0.39, 0.29) is 18.1 Å². The van der Waals surface area contributed by atoms with Crippen LogP contribution >= 0.6 is 12.6 Å². The summed E-state index contributed by atoms with van der Waals surface area (Å²) in [6.07, 6.45) is 8.51. The zero-order valence-electron chi connectivity index (χ0n) is 9.11. The van der Waals surface area contributed by atoms with Gasteiger partial charge in [-0.3, -0.25) is 4.79 Å². The summed E-state index contributed by atoms with van der Waals surface area (Å²) in [6, 6.07) is 0.0891. The SMILES string of the molecule is CC(=O)NC1CCCC/C=C/C1OCS. The number of amides is 1. The molecule has 0 aromatic carbocycles. The molecule has 15 heavy (non-hydrogen) atoms. The Bertz CT molecular complexity index is 231. The van der Waals surface area contributed by atoms with Crippen molar-refractivity contribution in [3.05, 3.63) is 12.2 Å². The van der Waals surface area contributed by atoms with Crippen LogP contribution in [0.4, 0.5) is 0 Å². The first-order valence-corrected chi connectivity index (χ1v) is 6.03. The van der Waals surface area contributed by atoms with Gasteiger partial charge in [0.1, 0.15) is 0 Å². The van der Waals surface area contributed by atoms with E-state index < -0.39 is 0 Å². The molecule has 2 atom stereocenters. The van der Waals surface area contributed by atoms with Crippen LogP contribution in [0.15, 0.2) is 12.2 Å². The molecule has 1 N–H and O–H groups in total. The van der Waals surface area contributed by atoms with Crippen LogP contribution in [-0.4, -0.2) is 24.0 Å². The van der Waals surface area contributed by atoms with Crippen molar-refractivity contribution in [2.24, 2.45) is 0 Å². The molecule has 0 bridgehead atoms. The van der Waals surface area contributed by atoms with Gasteiger partial charge in [-0.25, -0.2) is 0 Å². The van der Waals surface area contributed by atoms with Crippen LogP contribution in [0.2, 0.25) is 0 Å². The first-order chi connectivity index (χ1) is 7.24. The smallest absolute Gasteiger partial charge is 0.217 e. The summed E-state index contributed by atoms with van der Waals surface area (Å²) in [6.45, 7) is 1.54. The molecule has 0 radical (unpaired) electrons. The van der Waals surface area contributed by atoms with Crippen LogP contribution in [0.5, 0.6) is 0 Å². The van der Waals surface area contributed by atoms with Crippen molar-refractivity contribution in [2.45, 2.75) is 44.8 Å². The van der Waals surface area contributed by atoms with Crippen molar-refractivity contribution in [1.82, 2.24) is 5.32 Å². The Hall–Kier alpha value is -0.480. The second-order valence-electron chi connectivity index (χ2n) is 3.78. The second kappa shape index (κ2) is 6.90. The standard InChI is InChI=1S/C11H19NO2S/c1-9(13)12-10-6-4-2-3-5-7-11(10)14-8-15/h5,7,10-11,15H,2-4,6,8H2,1H3,(H,12,13)/b7-5+. The van der Waals surface area contributed by atoms with Gasteiger partial charge in [-0.1, -0.05) is 18.6 Å². The van der Waals surface area contributed by atoms with Gasteiger partial charge in [-0.2, -0.15) is 12.6 Å². The Labute approximate surface area is 96.7 Å². The lowest BCUT2D eigenvalue weighted by molar-refractivity contribution is -0.120. The predicted molar refractivity (Wildman–Crippen MR) is 63.9 cm³/mol. The van der Waals surface area contributed by atoms with Crippen LogP contribution in [0.3, 0.4) is 0 Å². The van der Waals surface area contributed by atoms with Gasteiger partial charge in [0.05, 0.1) is 18.1 Å². The molecule has 86 valence electrons. The van der Waals surface area contributed by atoms with Gasteiger partial charge in [0.25, 0.3) is 0 Å². The maximum absolute atomic E-state index is 11.1. The molecule has 1 rings (SSSR count). The van der Waals surface area contributed by atoms with Gasteiger partial charge in [0.2, 0.25) is 5.91 Å². The van der Waals surface area contributed by atoms with E-state index in [9.17, 15) is 4.79 Å². The van der Waals surface area contributed by atoms with Crippen molar-refractivity contribution in [3.8, 4) is 0 Å². The van der Waals surface area contributed by atoms with Crippen molar-refractivity contribution in [1.29, 1.82) is 0 Å². The molecule has 0 heterocycles. The summed E-state index contributed by atoms with van der Waals surface area (Å²) in [5.74, 6) is 0.382. The van der Waals surface area contributed by atoms with Crippen LogP contribution in [0, 0.1) is 0 Å². The molecule has 1 amide bonds. The number of hydrogen-bond acceptors (Lipinski definition) is 3. The normalized spacial score (nSPS) is 28.9. The van der Waals surface area contributed by atoms with E-state index in [0.717, 1.165) is 19.3 Å². The van der Waals surface area contributed by atoms with E-state index in [1.165, 1.54) is 6.42 Å². The van der Waals surface area contributed by atoms with Crippen LogP contribution in [-0.2, 0) is 9.53 Å². The van der Waals surface area contributed by atoms with Crippen molar-refractivity contribution in [2.75, 3.05) is 5.94 Å². The van der Waals surface area contributed by atoms with E-state index in [1.54, 1.807) is 6.92 Å². The van der Waals surface area contributed by atoms with E-state index in [1.807, 2.05) is 6.08 Å². The summed E-state index contributed by atoms with van der Waals surface area (Å²) >= 11 is 4.06. The van der Waals surface area contributed by atoms with E-state index >= 15 is 0 Å². The summed E-state index contributed by atoms with van der Waals surface area (Å²) in [5, 5.41) is 2.94. The molecule has 1 aliphatic rings. The highest BCUT2D eigenvalue weighted by Crippen LogP contribution is 2.15. The lowest BCUT2D eigenvalue weighted by atomic mass is 9.99. The Kier molecular flexibility index (Phi) is 5.79. The number of hydrogen-bond donors (Lipinski definition) is 2. The highest BCUT2D eigenvalue weighted by molar-refractivity contribution is 7.80. The topological polar surface area (TPSA) is 38.3 Å². The molecule has 2 unspecified atom stereocenters. The molecule has 0 fully saturated rings.